The minimum atomic E-state index is 0.0113. The van der Waals surface area contributed by atoms with Gasteiger partial charge in [-0.3, -0.25) is 4.79 Å². The van der Waals surface area contributed by atoms with Crippen molar-refractivity contribution in [2.24, 2.45) is 5.41 Å². The van der Waals surface area contributed by atoms with E-state index in [4.69, 9.17) is 0 Å². The summed E-state index contributed by atoms with van der Waals surface area (Å²) in [5, 5.41) is 3.98. The van der Waals surface area contributed by atoms with E-state index in [2.05, 4.69) is 51.0 Å². The van der Waals surface area contributed by atoms with Gasteiger partial charge in [-0.2, -0.15) is 0 Å². The minimum absolute atomic E-state index is 0.0113. The number of nitrogens with one attached hydrogen (secondary N) is 1. The van der Waals surface area contributed by atoms with Gasteiger partial charge in [-0.05, 0) is 48.9 Å². The fourth-order valence-corrected chi connectivity index (χ4v) is 3.45. The van der Waals surface area contributed by atoms with Crippen LogP contribution in [-0.2, 0) is 0 Å². The standard InChI is InChI=1S/C15H21Br2NO/c1-4-15(5-2,9-16)10-18-14(19)13-7-6-12(17)8-11(13)3/h6-8H,4-5,9-10H2,1-3H3,(H,18,19). The molecular weight excluding hydrogens is 370 g/mol. The van der Waals surface area contributed by atoms with Crippen LogP contribution in [0.4, 0.5) is 0 Å². The summed E-state index contributed by atoms with van der Waals surface area (Å²) in [6.07, 6.45) is 2.10. The van der Waals surface area contributed by atoms with E-state index < -0.39 is 0 Å². The fourth-order valence-electron chi connectivity index (χ4n) is 1.98. The Kier molecular flexibility index (Phi) is 6.54. The zero-order chi connectivity index (χ0) is 14.5. The third-order valence-electron chi connectivity index (χ3n) is 3.84. The molecule has 1 aromatic carbocycles. The Hall–Kier alpha value is -0.350. The van der Waals surface area contributed by atoms with E-state index in [1.165, 1.54) is 0 Å². The van der Waals surface area contributed by atoms with Gasteiger partial charge in [0.05, 0.1) is 0 Å². The number of benzene rings is 1. The largest absolute Gasteiger partial charge is 0.351 e. The Balaban J connectivity index is 2.75. The Morgan fingerprint density at radius 2 is 1.95 bits per heavy atom. The lowest BCUT2D eigenvalue weighted by Gasteiger charge is -2.29. The molecule has 19 heavy (non-hydrogen) atoms. The van der Waals surface area contributed by atoms with Crippen LogP contribution in [0.25, 0.3) is 0 Å². The van der Waals surface area contributed by atoms with Crippen LogP contribution in [0.2, 0.25) is 0 Å². The molecule has 0 saturated carbocycles. The number of aryl methyl sites for hydroxylation is 1. The maximum absolute atomic E-state index is 12.2. The summed E-state index contributed by atoms with van der Waals surface area (Å²) in [4.78, 5) is 12.2. The van der Waals surface area contributed by atoms with E-state index in [0.29, 0.717) is 6.54 Å². The van der Waals surface area contributed by atoms with E-state index in [9.17, 15) is 4.79 Å². The molecule has 0 bridgehead atoms. The van der Waals surface area contributed by atoms with E-state index >= 15 is 0 Å². The van der Waals surface area contributed by atoms with E-state index in [1.807, 2.05) is 25.1 Å². The predicted octanol–water partition coefficient (Wildman–Crippen LogP) is 4.69. The van der Waals surface area contributed by atoms with Crippen LogP contribution in [-0.4, -0.2) is 17.8 Å². The summed E-state index contributed by atoms with van der Waals surface area (Å²) >= 11 is 6.98. The molecule has 2 nitrogen and oxygen atoms in total. The first-order chi connectivity index (χ1) is 8.98. The highest BCUT2D eigenvalue weighted by Crippen LogP contribution is 2.28. The van der Waals surface area contributed by atoms with Crippen LogP contribution in [0.3, 0.4) is 0 Å². The highest BCUT2D eigenvalue weighted by Gasteiger charge is 2.25. The summed E-state index contributed by atoms with van der Waals surface area (Å²) in [7, 11) is 0. The molecule has 4 heteroatoms. The molecule has 0 aromatic heterocycles. The molecule has 0 aliphatic heterocycles. The molecule has 1 aromatic rings. The minimum Gasteiger partial charge on any atom is -0.351 e. The van der Waals surface area contributed by atoms with Crippen molar-refractivity contribution in [2.75, 3.05) is 11.9 Å². The summed E-state index contributed by atoms with van der Waals surface area (Å²) < 4.78 is 0.999. The predicted molar refractivity (Wildman–Crippen MR) is 88.0 cm³/mol. The molecule has 0 unspecified atom stereocenters. The fraction of sp³-hybridized carbons (Fsp3) is 0.533. The van der Waals surface area contributed by atoms with Crippen molar-refractivity contribution in [2.45, 2.75) is 33.6 Å². The number of halogens is 2. The van der Waals surface area contributed by atoms with Gasteiger partial charge >= 0.3 is 0 Å². The Morgan fingerprint density at radius 3 is 2.42 bits per heavy atom. The third kappa shape index (κ3) is 4.32. The van der Waals surface area contributed by atoms with E-state index in [0.717, 1.165) is 33.8 Å². The van der Waals surface area contributed by atoms with Gasteiger partial charge in [0.1, 0.15) is 0 Å². The molecule has 0 radical (unpaired) electrons. The number of rotatable bonds is 6. The summed E-state index contributed by atoms with van der Waals surface area (Å²) in [6.45, 7) is 7.00. The number of carbonyl (C=O) groups excluding carboxylic acids is 1. The summed E-state index contributed by atoms with van der Waals surface area (Å²) in [6, 6.07) is 5.73. The summed E-state index contributed by atoms with van der Waals surface area (Å²) in [5.74, 6) is 0.0113. The lowest BCUT2D eigenvalue weighted by Crippen LogP contribution is -2.38. The monoisotopic (exact) mass is 389 g/mol. The van der Waals surface area contributed by atoms with Crippen LogP contribution in [0.1, 0.15) is 42.6 Å². The van der Waals surface area contributed by atoms with Crippen molar-refractivity contribution in [3.8, 4) is 0 Å². The maximum Gasteiger partial charge on any atom is 0.251 e. The average Bonchev–Trinajstić information content (AvgIpc) is 2.40. The van der Waals surface area contributed by atoms with Gasteiger partial charge in [0.25, 0.3) is 5.91 Å². The van der Waals surface area contributed by atoms with Crippen molar-refractivity contribution in [1.82, 2.24) is 5.32 Å². The zero-order valence-electron chi connectivity index (χ0n) is 11.7. The first-order valence-corrected chi connectivity index (χ1v) is 8.49. The van der Waals surface area contributed by atoms with Crippen LogP contribution in [0.5, 0.6) is 0 Å². The van der Waals surface area contributed by atoms with Crippen molar-refractivity contribution >= 4 is 37.8 Å². The second-order valence-corrected chi connectivity index (χ2v) is 6.46. The van der Waals surface area contributed by atoms with Gasteiger partial charge in [0, 0.05) is 21.9 Å². The topological polar surface area (TPSA) is 29.1 Å². The molecule has 1 rings (SSSR count). The van der Waals surface area contributed by atoms with E-state index in [-0.39, 0.29) is 11.3 Å². The SMILES string of the molecule is CCC(CC)(CBr)CNC(=O)c1ccc(Br)cc1C. The van der Waals surface area contributed by atoms with Gasteiger partial charge in [0.15, 0.2) is 0 Å². The van der Waals surface area contributed by atoms with E-state index in [1.54, 1.807) is 0 Å². The molecule has 106 valence electrons. The maximum atomic E-state index is 12.2. The normalized spacial score (nSPS) is 11.4. The number of hydrogen-bond donors (Lipinski definition) is 1. The van der Waals surface area contributed by atoms with Crippen LogP contribution >= 0.6 is 31.9 Å². The summed E-state index contributed by atoms with van der Waals surface area (Å²) in [5.41, 5.74) is 1.89. The van der Waals surface area contributed by atoms with Crippen molar-refractivity contribution in [1.29, 1.82) is 0 Å². The second kappa shape index (κ2) is 7.44. The Labute approximate surface area is 132 Å². The van der Waals surface area contributed by atoms with Gasteiger partial charge in [-0.15, -0.1) is 0 Å². The van der Waals surface area contributed by atoms with Crippen LogP contribution < -0.4 is 5.32 Å². The van der Waals surface area contributed by atoms with Crippen molar-refractivity contribution in [3.63, 3.8) is 0 Å². The molecule has 0 aliphatic rings. The van der Waals surface area contributed by atoms with Crippen LogP contribution in [0, 0.1) is 12.3 Å². The van der Waals surface area contributed by atoms with Gasteiger partial charge in [0.2, 0.25) is 0 Å². The van der Waals surface area contributed by atoms with Gasteiger partial charge in [-0.25, -0.2) is 0 Å². The smallest absolute Gasteiger partial charge is 0.251 e. The Bertz CT molecular complexity index is 434. The molecule has 0 saturated heterocycles. The average molecular weight is 391 g/mol. The molecule has 0 fully saturated rings. The number of carbonyl (C=O) groups is 1. The van der Waals surface area contributed by atoms with Crippen molar-refractivity contribution < 1.29 is 4.79 Å². The molecule has 1 amide bonds. The molecule has 1 N–H and O–H groups in total. The highest BCUT2D eigenvalue weighted by atomic mass is 79.9. The molecule has 0 heterocycles. The van der Waals surface area contributed by atoms with Crippen molar-refractivity contribution in [3.05, 3.63) is 33.8 Å². The molecular formula is C15H21Br2NO. The third-order valence-corrected chi connectivity index (χ3v) is 5.52. The molecule has 0 spiro atoms. The number of amides is 1. The number of hydrogen-bond acceptors (Lipinski definition) is 1. The highest BCUT2D eigenvalue weighted by molar-refractivity contribution is 9.10. The zero-order valence-corrected chi connectivity index (χ0v) is 14.9. The van der Waals surface area contributed by atoms with Gasteiger partial charge < -0.3 is 5.32 Å². The lowest BCUT2D eigenvalue weighted by molar-refractivity contribution is 0.0932. The first kappa shape index (κ1) is 16.7. The van der Waals surface area contributed by atoms with Crippen LogP contribution in [0.15, 0.2) is 22.7 Å². The second-order valence-electron chi connectivity index (χ2n) is 4.98. The van der Waals surface area contributed by atoms with Gasteiger partial charge in [-0.1, -0.05) is 45.7 Å². The Morgan fingerprint density at radius 1 is 1.32 bits per heavy atom. The quantitative estimate of drug-likeness (QED) is 0.701. The number of alkyl halides is 1. The lowest BCUT2D eigenvalue weighted by atomic mass is 9.84. The first-order valence-electron chi connectivity index (χ1n) is 6.58. The molecule has 0 aliphatic carbocycles. The molecule has 0 atom stereocenters.